The molecular formula is C10H9NO3. The van der Waals surface area contributed by atoms with Crippen LogP contribution in [0, 0.1) is 12.3 Å². The highest BCUT2D eigenvalue weighted by molar-refractivity contribution is 5.86. The summed E-state index contributed by atoms with van der Waals surface area (Å²) in [6, 6.07) is 3.30. The highest BCUT2D eigenvalue weighted by Crippen LogP contribution is 2.06. The fourth-order valence-corrected chi connectivity index (χ4v) is 0.968. The normalized spacial score (nSPS) is 9.36. The van der Waals surface area contributed by atoms with Gasteiger partial charge >= 0.3 is 5.97 Å². The number of nitrogens with zero attached hydrogens (tertiary/aromatic N) is 1. The van der Waals surface area contributed by atoms with Crippen molar-refractivity contribution >= 4 is 5.97 Å². The minimum absolute atomic E-state index is 0.00419. The molecule has 0 amide bonds. The molecule has 0 radical (unpaired) electrons. The Kier molecular flexibility index (Phi) is 3.65. The number of carboxylic acids is 1. The number of ether oxygens (including phenoxy) is 1. The number of carbonyl (C=O) groups is 1. The Morgan fingerprint density at radius 2 is 2.50 bits per heavy atom. The van der Waals surface area contributed by atoms with Gasteiger partial charge in [-0.05, 0) is 6.07 Å². The summed E-state index contributed by atoms with van der Waals surface area (Å²) in [5.41, 5.74) is 0.528. The third kappa shape index (κ3) is 2.57. The molecule has 72 valence electrons. The summed E-state index contributed by atoms with van der Waals surface area (Å²) in [7, 11) is 0. The van der Waals surface area contributed by atoms with E-state index in [-0.39, 0.29) is 18.9 Å². The topological polar surface area (TPSA) is 59.4 Å². The van der Waals surface area contributed by atoms with Crippen LogP contribution in [0.4, 0.5) is 0 Å². The van der Waals surface area contributed by atoms with Crippen molar-refractivity contribution in [2.24, 2.45) is 0 Å². The van der Waals surface area contributed by atoms with E-state index in [4.69, 9.17) is 16.3 Å². The number of carboxylic acid groups (broad SMARTS) is 1. The van der Waals surface area contributed by atoms with Crippen molar-refractivity contribution in [3.05, 3.63) is 29.6 Å². The van der Waals surface area contributed by atoms with Gasteiger partial charge in [0.2, 0.25) is 0 Å². The second kappa shape index (κ2) is 5.00. The van der Waals surface area contributed by atoms with Gasteiger partial charge < -0.3 is 9.84 Å². The molecule has 0 bridgehead atoms. The molecule has 4 heteroatoms. The number of aromatic carboxylic acids is 1. The molecule has 0 aliphatic heterocycles. The molecule has 0 unspecified atom stereocenters. The minimum Gasteiger partial charge on any atom is -0.477 e. The molecule has 1 aromatic rings. The summed E-state index contributed by atoms with van der Waals surface area (Å²) in [4.78, 5) is 14.4. The molecular weight excluding hydrogens is 182 g/mol. The lowest BCUT2D eigenvalue weighted by Crippen LogP contribution is -2.06. The molecule has 0 aliphatic rings. The average molecular weight is 191 g/mol. The van der Waals surface area contributed by atoms with Crippen molar-refractivity contribution in [2.75, 3.05) is 6.61 Å². The summed E-state index contributed by atoms with van der Waals surface area (Å²) < 4.78 is 5.02. The third-order valence-electron chi connectivity index (χ3n) is 1.54. The first-order chi connectivity index (χ1) is 6.75. The quantitative estimate of drug-likeness (QED) is 0.568. The van der Waals surface area contributed by atoms with E-state index < -0.39 is 5.97 Å². The molecule has 1 aromatic heterocycles. The van der Waals surface area contributed by atoms with Gasteiger partial charge in [-0.1, -0.05) is 12.0 Å². The Hall–Kier alpha value is -1.86. The van der Waals surface area contributed by atoms with Crippen LogP contribution in [0.15, 0.2) is 18.3 Å². The Balaban J connectivity index is 2.75. The molecule has 0 fully saturated rings. The van der Waals surface area contributed by atoms with Crippen molar-refractivity contribution in [1.82, 2.24) is 4.98 Å². The predicted octanol–water partition coefficient (Wildman–Crippen LogP) is 0.930. The van der Waals surface area contributed by atoms with Crippen LogP contribution < -0.4 is 0 Å². The Labute approximate surface area is 81.5 Å². The molecule has 1 rings (SSSR count). The highest BCUT2D eigenvalue weighted by atomic mass is 16.5. The van der Waals surface area contributed by atoms with Crippen LogP contribution in [-0.2, 0) is 11.3 Å². The maximum atomic E-state index is 10.7. The van der Waals surface area contributed by atoms with Crippen LogP contribution in [0.2, 0.25) is 0 Å². The predicted molar refractivity (Wildman–Crippen MR) is 49.7 cm³/mol. The number of terminal acetylenes is 1. The smallest absolute Gasteiger partial charge is 0.354 e. The lowest BCUT2D eigenvalue weighted by molar-refractivity contribution is 0.0683. The molecule has 14 heavy (non-hydrogen) atoms. The molecule has 1 N–H and O–H groups in total. The first kappa shape index (κ1) is 10.2. The van der Waals surface area contributed by atoms with Gasteiger partial charge in [-0.15, -0.1) is 6.42 Å². The molecule has 0 saturated heterocycles. The number of pyridine rings is 1. The molecule has 0 saturated carbocycles. The van der Waals surface area contributed by atoms with E-state index in [1.54, 1.807) is 12.1 Å². The van der Waals surface area contributed by atoms with E-state index in [1.165, 1.54) is 6.20 Å². The minimum atomic E-state index is -1.06. The zero-order valence-corrected chi connectivity index (χ0v) is 7.43. The van der Waals surface area contributed by atoms with Crippen LogP contribution >= 0.6 is 0 Å². The summed E-state index contributed by atoms with van der Waals surface area (Å²) in [6.45, 7) is 0.327. The highest BCUT2D eigenvalue weighted by Gasteiger charge is 2.09. The lowest BCUT2D eigenvalue weighted by Gasteiger charge is -2.03. The number of aromatic nitrogens is 1. The number of hydrogen-bond donors (Lipinski definition) is 1. The van der Waals surface area contributed by atoms with Crippen LogP contribution in [0.5, 0.6) is 0 Å². The second-order valence-corrected chi connectivity index (χ2v) is 2.51. The van der Waals surface area contributed by atoms with E-state index in [2.05, 4.69) is 10.9 Å². The van der Waals surface area contributed by atoms with Gasteiger partial charge in [0.25, 0.3) is 0 Å². The molecule has 0 aromatic carbocycles. The van der Waals surface area contributed by atoms with Crippen molar-refractivity contribution in [1.29, 1.82) is 0 Å². The Morgan fingerprint density at radius 3 is 3.14 bits per heavy atom. The fraction of sp³-hybridized carbons (Fsp3) is 0.200. The van der Waals surface area contributed by atoms with Crippen molar-refractivity contribution in [2.45, 2.75) is 6.61 Å². The van der Waals surface area contributed by atoms with Gasteiger partial charge in [-0.3, -0.25) is 0 Å². The van der Waals surface area contributed by atoms with E-state index in [9.17, 15) is 4.79 Å². The van der Waals surface area contributed by atoms with Gasteiger partial charge in [-0.25, -0.2) is 9.78 Å². The summed E-state index contributed by atoms with van der Waals surface area (Å²) in [6.07, 6.45) is 6.41. The monoisotopic (exact) mass is 191 g/mol. The van der Waals surface area contributed by atoms with Gasteiger partial charge in [0, 0.05) is 11.8 Å². The number of rotatable bonds is 4. The van der Waals surface area contributed by atoms with E-state index in [0.29, 0.717) is 5.56 Å². The SMILES string of the molecule is C#CCOCc1cccnc1C(=O)O. The largest absolute Gasteiger partial charge is 0.477 e. The third-order valence-corrected chi connectivity index (χ3v) is 1.54. The molecule has 4 nitrogen and oxygen atoms in total. The van der Waals surface area contributed by atoms with E-state index in [0.717, 1.165) is 0 Å². The van der Waals surface area contributed by atoms with Crippen LogP contribution in [-0.4, -0.2) is 22.7 Å². The van der Waals surface area contributed by atoms with Crippen molar-refractivity contribution in [3.8, 4) is 12.3 Å². The summed E-state index contributed by atoms with van der Waals surface area (Å²) >= 11 is 0. The molecule has 0 aliphatic carbocycles. The van der Waals surface area contributed by atoms with Gasteiger partial charge in [0.05, 0.1) is 6.61 Å². The molecule has 0 spiro atoms. The van der Waals surface area contributed by atoms with Crippen LogP contribution in [0.1, 0.15) is 16.1 Å². The number of hydrogen-bond acceptors (Lipinski definition) is 3. The second-order valence-electron chi connectivity index (χ2n) is 2.51. The van der Waals surface area contributed by atoms with Gasteiger partial charge in [-0.2, -0.15) is 0 Å². The zero-order valence-electron chi connectivity index (χ0n) is 7.43. The maximum absolute atomic E-state index is 10.7. The van der Waals surface area contributed by atoms with Gasteiger partial charge in [0.15, 0.2) is 5.69 Å². The average Bonchev–Trinajstić information content (AvgIpc) is 2.19. The van der Waals surface area contributed by atoms with Crippen LogP contribution in [0.25, 0.3) is 0 Å². The maximum Gasteiger partial charge on any atom is 0.354 e. The fourth-order valence-electron chi connectivity index (χ4n) is 0.968. The van der Waals surface area contributed by atoms with Gasteiger partial charge in [0.1, 0.15) is 6.61 Å². The van der Waals surface area contributed by atoms with Crippen molar-refractivity contribution < 1.29 is 14.6 Å². The summed E-state index contributed by atoms with van der Waals surface area (Å²) in [5, 5.41) is 8.76. The standard InChI is InChI=1S/C10H9NO3/c1-2-6-14-7-8-4-3-5-11-9(8)10(12)13/h1,3-5H,6-7H2,(H,12,13). The molecule has 0 atom stereocenters. The Bertz CT molecular complexity index is 368. The molecule has 1 heterocycles. The zero-order chi connectivity index (χ0) is 10.4. The lowest BCUT2D eigenvalue weighted by atomic mass is 10.2. The summed E-state index contributed by atoms with van der Waals surface area (Å²) in [5.74, 6) is 1.23. The van der Waals surface area contributed by atoms with E-state index in [1.807, 2.05) is 0 Å². The van der Waals surface area contributed by atoms with Crippen molar-refractivity contribution in [3.63, 3.8) is 0 Å². The Morgan fingerprint density at radius 1 is 1.71 bits per heavy atom. The van der Waals surface area contributed by atoms with E-state index >= 15 is 0 Å². The first-order valence-electron chi connectivity index (χ1n) is 3.94. The first-order valence-corrected chi connectivity index (χ1v) is 3.94. The van der Waals surface area contributed by atoms with Crippen LogP contribution in [0.3, 0.4) is 0 Å².